The second-order valence-electron chi connectivity index (χ2n) is 6.18. The number of aryl methyl sites for hydroxylation is 1. The molecule has 1 aliphatic heterocycles. The smallest absolute Gasteiger partial charge is 0.180 e. The molecule has 8 nitrogen and oxygen atoms in total. The highest BCUT2D eigenvalue weighted by Gasteiger charge is 2.30. The molecule has 1 aliphatic carbocycles. The van der Waals surface area contributed by atoms with Crippen LogP contribution in [0.1, 0.15) is 48.2 Å². The van der Waals surface area contributed by atoms with Crippen LogP contribution in [0.15, 0.2) is 0 Å². The van der Waals surface area contributed by atoms with E-state index in [0.29, 0.717) is 12.5 Å². The number of rotatable bonds is 4. The first-order chi connectivity index (χ1) is 10.7. The van der Waals surface area contributed by atoms with E-state index in [1.807, 2.05) is 6.92 Å². The zero-order valence-electron chi connectivity index (χ0n) is 13.0. The minimum atomic E-state index is -0.0742. The molecular weight excluding hydrogens is 282 g/mol. The van der Waals surface area contributed by atoms with Crippen molar-refractivity contribution in [2.24, 2.45) is 7.05 Å². The topological polar surface area (TPSA) is 84.8 Å². The Morgan fingerprint density at radius 2 is 2.18 bits per heavy atom. The molecule has 0 radical (unpaired) electrons. The van der Waals surface area contributed by atoms with Crippen LogP contribution in [0, 0.1) is 6.92 Å². The van der Waals surface area contributed by atoms with Crippen LogP contribution in [0.4, 0.5) is 0 Å². The summed E-state index contributed by atoms with van der Waals surface area (Å²) in [4.78, 5) is 6.71. The minimum Gasteiger partial charge on any atom is -0.367 e. The molecule has 1 N–H and O–H groups in total. The Labute approximate surface area is 128 Å². The molecule has 1 saturated heterocycles. The summed E-state index contributed by atoms with van der Waals surface area (Å²) in [6, 6.07) is 0. The molecular formula is C14H21N7O. The normalized spacial score (nSPS) is 23.1. The van der Waals surface area contributed by atoms with E-state index in [1.54, 1.807) is 0 Å². The standard InChI is InChI=1S/C14H21N7O/c1-9-15-13(18-16-9)11-7-21(5-6-22-11)8-12-17-19-14(20(12)2)10-3-4-10/h10-11H,3-8H2,1-2H3,(H,15,16,18)/t11-/m0/s1. The van der Waals surface area contributed by atoms with Crippen molar-refractivity contribution in [3.05, 3.63) is 23.3 Å². The Morgan fingerprint density at radius 1 is 1.32 bits per heavy atom. The zero-order chi connectivity index (χ0) is 15.1. The molecule has 2 aliphatic rings. The quantitative estimate of drug-likeness (QED) is 0.894. The minimum absolute atomic E-state index is 0.0742. The average molecular weight is 303 g/mol. The molecule has 0 spiro atoms. The van der Waals surface area contributed by atoms with Gasteiger partial charge >= 0.3 is 0 Å². The van der Waals surface area contributed by atoms with Gasteiger partial charge in [0.1, 0.15) is 23.6 Å². The fourth-order valence-corrected chi connectivity index (χ4v) is 2.92. The van der Waals surface area contributed by atoms with E-state index < -0.39 is 0 Å². The summed E-state index contributed by atoms with van der Waals surface area (Å²) in [6.45, 7) is 5.05. The van der Waals surface area contributed by atoms with Gasteiger partial charge in [-0.25, -0.2) is 4.98 Å². The molecule has 0 aromatic carbocycles. The van der Waals surface area contributed by atoms with Crippen molar-refractivity contribution in [1.82, 2.24) is 34.8 Å². The van der Waals surface area contributed by atoms with Crippen LogP contribution < -0.4 is 0 Å². The maximum absolute atomic E-state index is 5.80. The first-order valence-corrected chi connectivity index (χ1v) is 7.81. The molecule has 22 heavy (non-hydrogen) atoms. The highest BCUT2D eigenvalue weighted by molar-refractivity contribution is 5.08. The summed E-state index contributed by atoms with van der Waals surface area (Å²) in [5.74, 6) is 4.33. The van der Waals surface area contributed by atoms with Crippen LogP contribution >= 0.6 is 0 Å². The molecule has 0 amide bonds. The Kier molecular flexibility index (Phi) is 3.42. The van der Waals surface area contributed by atoms with Gasteiger partial charge in [-0.2, -0.15) is 5.10 Å². The van der Waals surface area contributed by atoms with Crippen molar-refractivity contribution < 1.29 is 4.74 Å². The number of aromatic amines is 1. The van der Waals surface area contributed by atoms with Gasteiger partial charge in [-0.3, -0.25) is 10.00 Å². The Balaban J connectivity index is 1.44. The molecule has 2 fully saturated rings. The molecule has 1 saturated carbocycles. The predicted molar refractivity (Wildman–Crippen MR) is 78.1 cm³/mol. The highest BCUT2D eigenvalue weighted by Crippen LogP contribution is 2.38. The number of aromatic nitrogens is 6. The molecule has 118 valence electrons. The van der Waals surface area contributed by atoms with Crippen LogP contribution in [0.25, 0.3) is 0 Å². The maximum atomic E-state index is 5.80. The van der Waals surface area contributed by atoms with Crippen molar-refractivity contribution in [3.63, 3.8) is 0 Å². The average Bonchev–Trinajstić information content (AvgIpc) is 3.17. The van der Waals surface area contributed by atoms with Crippen LogP contribution in [0.5, 0.6) is 0 Å². The zero-order valence-corrected chi connectivity index (χ0v) is 13.0. The molecule has 2 aromatic rings. The van der Waals surface area contributed by atoms with Crippen molar-refractivity contribution >= 4 is 0 Å². The molecule has 2 aromatic heterocycles. The third-order valence-corrected chi connectivity index (χ3v) is 4.36. The molecule has 1 atom stereocenters. The van der Waals surface area contributed by atoms with Crippen LogP contribution in [0.3, 0.4) is 0 Å². The second-order valence-corrected chi connectivity index (χ2v) is 6.18. The fraction of sp³-hybridized carbons (Fsp3) is 0.714. The van der Waals surface area contributed by atoms with E-state index in [0.717, 1.165) is 42.9 Å². The van der Waals surface area contributed by atoms with E-state index in [2.05, 4.69) is 41.9 Å². The second kappa shape index (κ2) is 5.44. The fourth-order valence-electron chi connectivity index (χ4n) is 2.92. The van der Waals surface area contributed by atoms with Crippen LogP contribution in [0.2, 0.25) is 0 Å². The third-order valence-electron chi connectivity index (χ3n) is 4.36. The monoisotopic (exact) mass is 303 g/mol. The SMILES string of the molecule is Cc1nc([C@@H]2CN(Cc3nnc(C4CC4)n3C)CCO2)n[nH]1. The lowest BCUT2D eigenvalue weighted by Gasteiger charge is -2.31. The first kappa shape index (κ1) is 13.8. The van der Waals surface area contributed by atoms with Crippen molar-refractivity contribution in [1.29, 1.82) is 0 Å². The molecule has 3 heterocycles. The van der Waals surface area contributed by atoms with E-state index in [4.69, 9.17) is 4.74 Å². The van der Waals surface area contributed by atoms with Crippen molar-refractivity contribution in [2.75, 3.05) is 19.7 Å². The predicted octanol–water partition coefficient (Wildman–Crippen LogP) is 0.693. The first-order valence-electron chi connectivity index (χ1n) is 7.81. The molecule has 8 heteroatoms. The summed E-state index contributed by atoms with van der Waals surface area (Å²) in [5, 5.41) is 15.8. The molecule has 0 unspecified atom stereocenters. The number of morpholine rings is 1. The summed E-state index contributed by atoms with van der Waals surface area (Å²) in [5.41, 5.74) is 0. The van der Waals surface area contributed by atoms with Gasteiger partial charge < -0.3 is 9.30 Å². The van der Waals surface area contributed by atoms with Crippen LogP contribution in [-0.2, 0) is 18.3 Å². The van der Waals surface area contributed by atoms with E-state index >= 15 is 0 Å². The summed E-state index contributed by atoms with van der Waals surface area (Å²) in [7, 11) is 2.07. The van der Waals surface area contributed by atoms with Crippen molar-refractivity contribution in [2.45, 2.75) is 38.3 Å². The Morgan fingerprint density at radius 3 is 2.91 bits per heavy atom. The summed E-state index contributed by atoms with van der Waals surface area (Å²) in [6.07, 6.45) is 2.42. The van der Waals surface area contributed by atoms with Gasteiger partial charge in [-0.15, -0.1) is 10.2 Å². The number of hydrogen-bond acceptors (Lipinski definition) is 6. The van der Waals surface area contributed by atoms with E-state index in [-0.39, 0.29) is 6.10 Å². The number of hydrogen-bond donors (Lipinski definition) is 1. The lowest BCUT2D eigenvalue weighted by molar-refractivity contribution is -0.0380. The Hall–Kier alpha value is -1.80. The van der Waals surface area contributed by atoms with Gasteiger partial charge in [0, 0.05) is 26.1 Å². The summed E-state index contributed by atoms with van der Waals surface area (Å²) >= 11 is 0. The van der Waals surface area contributed by atoms with Gasteiger partial charge in [0.25, 0.3) is 0 Å². The van der Waals surface area contributed by atoms with Crippen molar-refractivity contribution in [3.8, 4) is 0 Å². The van der Waals surface area contributed by atoms with Gasteiger partial charge in [-0.05, 0) is 19.8 Å². The highest BCUT2D eigenvalue weighted by atomic mass is 16.5. The van der Waals surface area contributed by atoms with Gasteiger partial charge in [0.05, 0.1) is 13.2 Å². The van der Waals surface area contributed by atoms with E-state index in [1.165, 1.54) is 12.8 Å². The lowest BCUT2D eigenvalue weighted by Crippen LogP contribution is -2.38. The molecule has 4 rings (SSSR count). The van der Waals surface area contributed by atoms with Gasteiger partial charge in [-0.1, -0.05) is 0 Å². The van der Waals surface area contributed by atoms with Gasteiger partial charge in [0.2, 0.25) is 0 Å². The number of ether oxygens (including phenoxy) is 1. The van der Waals surface area contributed by atoms with Gasteiger partial charge in [0.15, 0.2) is 5.82 Å². The number of nitrogens with zero attached hydrogens (tertiary/aromatic N) is 6. The number of nitrogens with one attached hydrogen (secondary N) is 1. The number of H-pyrrole nitrogens is 1. The lowest BCUT2D eigenvalue weighted by atomic mass is 10.2. The van der Waals surface area contributed by atoms with E-state index in [9.17, 15) is 0 Å². The Bertz CT molecular complexity index is 660. The maximum Gasteiger partial charge on any atom is 0.180 e. The molecule has 0 bridgehead atoms. The largest absolute Gasteiger partial charge is 0.367 e. The third kappa shape index (κ3) is 2.64. The van der Waals surface area contributed by atoms with Crippen LogP contribution in [-0.4, -0.2) is 54.5 Å². The summed E-state index contributed by atoms with van der Waals surface area (Å²) < 4.78 is 7.95.